The van der Waals surface area contributed by atoms with Gasteiger partial charge in [0.15, 0.2) is 0 Å². The molecule has 0 bridgehead atoms. The van der Waals surface area contributed by atoms with Crippen molar-refractivity contribution in [2.75, 3.05) is 0 Å². The number of hydrogen-bond acceptors (Lipinski definition) is 5. The van der Waals surface area contributed by atoms with Gasteiger partial charge in [-0.25, -0.2) is 4.79 Å². The van der Waals surface area contributed by atoms with E-state index in [1.165, 1.54) is 0 Å². The number of aromatic amines is 1. The van der Waals surface area contributed by atoms with Crippen molar-refractivity contribution in [3.8, 4) is 11.4 Å². The van der Waals surface area contributed by atoms with Gasteiger partial charge in [-0.2, -0.15) is 4.98 Å². The standard InChI is InChI=1S/C18H13ClN4O3/c19-12-5-3-4-11(10-12)16-21-15(26-22-16)8-9-23-17(24)13-6-1-2-7-14(13)20-18(23)25/h1-7,10H,8-9H2,(H,20,25). The average molecular weight is 369 g/mol. The zero-order valence-electron chi connectivity index (χ0n) is 13.5. The van der Waals surface area contributed by atoms with Gasteiger partial charge in [0.05, 0.1) is 10.9 Å². The van der Waals surface area contributed by atoms with Crippen molar-refractivity contribution in [3.63, 3.8) is 0 Å². The minimum atomic E-state index is -0.469. The van der Waals surface area contributed by atoms with Gasteiger partial charge in [0.1, 0.15) is 0 Å². The lowest BCUT2D eigenvalue weighted by Crippen LogP contribution is -2.35. The predicted molar refractivity (Wildman–Crippen MR) is 97.3 cm³/mol. The fourth-order valence-corrected chi connectivity index (χ4v) is 2.90. The van der Waals surface area contributed by atoms with Gasteiger partial charge in [-0.05, 0) is 24.3 Å². The van der Waals surface area contributed by atoms with Crippen molar-refractivity contribution in [1.82, 2.24) is 19.7 Å². The second kappa shape index (κ2) is 6.61. The summed E-state index contributed by atoms with van der Waals surface area (Å²) in [5.41, 5.74) is 0.426. The van der Waals surface area contributed by atoms with Crippen molar-refractivity contribution in [1.29, 1.82) is 0 Å². The van der Waals surface area contributed by atoms with Gasteiger partial charge in [-0.1, -0.05) is 41.0 Å². The number of halogens is 1. The van der Waals surface area contributed by atoms with E-state index in [9.17, 15) is 9.59 Å². The second-order valence-electron chi connectivity index (χ2n) is 5.70. The van der Waals surface area contributed by atoms with Crippen LogP contribution in [-0.2, 0) is 13.0 Å². The Morgan fingerprint density at radius 1 is 1.12 bits per heavy atom. The molecule has 8 heteroatoms. The van der Waals surface area contributed by atoms with Crippen LogP contribution in [0.4, 0.5) is 0 Å². The first-order chi connectivity index (χ1) is 12.6. The number of nitrogens with zero attached hydrogens (tertiary/aromatic N) is 3. The quantitative estimate of drug-likeness (QED) is 0.597. The number of aromatic nitrogens is 4. The summed E-state index contributed by atoms with van der Waals surface area (Å²) < 4.78 is 6.35. The highest BCUT2D eigenvalue weighted by Crippen LogP contribution is 2.20. The van der Waals surface area contributed by atoms with Crippen molar-refractivity contribution in [2.45, 2.75) is 13.0 Å². The minimum Gasteiger partial charge on any atom is -0.339 e. The number of para-hydroxylation sites is 1. The maximum atomic E-state index is 12.5. The smallest absolute Gasteiger partial charge is 0.328 e. The molecule has 2 heterocycles. The molecular weight excluding hydrogens is 356 g/mol. The Hall–Kier alpha value is -3.19. The molecule has 7 nitrogen and oxygen atoms in total. The van der Waals surface area contributed by atoms with Crippen LogP contribution in [0.25, 0.3) is 22.3 Å². The molecule has 0 aliphatic carbocycles. The lowest BCUT2D eigenvalue weighted by atomic mass is 10.2. The highest BCUT2D eigenvalue weighted by Gasteiger charge is 2.12. The number of fused-ring (bicyclic) bond motifs is 1. The Bertz CT molecular complexity index is 1210. The van der Waals surface area contributed by atoms with E-state index in [2.05, 4.69) is 15.1 Å². The van der Waals surface area contributed by atoms with Crippen LogP contribution in [0.3, 0.4) is 0 Å². The summed E-state index contributed by atoms with van der Waals surface area (Å²) in [6, 6.07) is 14.0. The third-order valence-electron chi connectivity index (χ3n) is 3.99. The Balaban J connectivity index is 1.60. The van der Waals surface area contributed by atoms with Gasteiger partial charge in [0.25, 0.3) is 5.56 Å². The lowest BCUT2D eigenvalue weighted by Gasteiger charge is -2.04. The van der Waals surface area contributed by atoms with Crippen LogP contribution in [0.15, 0.2) is 62.6 Å². The van der Waals surface area contributed by atoms with Crippen LogP contribution in [0.5, 0.6) is 0 Å². The summed E-state index contributed by atoms with van der Waals surface area (Å²) >= 11 is 5.96. The molecule has 2 aromatic heterocycles. The molecule has 130 valence electrons. The van der Waals surface area contributed by atoms with E-state index >= 15 is 0 Å². The molecule has 0 aliphatic rings. The van der Waals surface area contributed by atoms with Crippen LogP contribution in [0.2, 0.25) is 5.02 Å². The molecule has 1 N–H and O–H groups in total. The second-order valence-corrected chi connectivity index (χ2v) is 6.14. The van der Waals surface area contributed by atoms with Crippen LogP contribution >= 0.6 is 11.6 Å². The van der Waals surface area contributed by atoms with Crippen molar-refractivity contribution in [3.05, 3.63) is 80.3 Å². The summed E-state index contributed by atoms with van der Waals surface area (Å²) in [7, 11) is 0. The largest absolute Gasteiger partial charge is 0.339 e. The topological polar surface area (TPSA) is 93.8 Å². The molecular formula is C18H13ClN4O3. The van der Waals surface area contributed by atoms with E-state index in [4.69, 9.17) is 16.1 Å². The van der Waals surface area contributed by atoms with Gasteiger partial charge >= 0.3 is 5.69 Å². The zero-order valence-corrected chi connectivity index (χ0v) is 14.2. The van der Waals surface area contributed by atoms with Crippen molar-refractivity contribution >= 4 is 22.5 Å². The zero-order chi connectivity index (χ0) is 18.1. The number of hydrogen-bond donors (Lipinski definition) is 1. The third-order valence-corrected chi connectivity index (χ3v) is 4.22. The van der Waals surface area contributed by atoms with Gasteiger partial charge in [-0.3, -0.25) is 9.36 Å². The summed E-state index contributed by atoms with van der Waals surface area (Å²) in [6.07, 6.45) is 0.259. The van der Waals surface area contributed by atoms with Gasteiger partial charge in [-0.15, -0.1) is 0 Å². The molecule has 0 unspecified atom stereocenters. The molecule has 0 spiro atoms. The molecule has 0 fully saturated rings. The average Bonchev–Trinajstić information content (AvgIpc) is 3.10. The molecule has 2 aromatic carbocycles. The SMILES string of the molecule is O=c1[nH]c2ccccc2c(=O)n1CCc1nc(-c2cccc(Cl)c2)no1. The van der Waals surface area contributed by atoms with E-state index in [-0.39, 0.29) is 18.5 Å². The lowest BCUT2D eigenvalue weighted by molar-refractivity contribution is 0.370. The third kappa shape index (κ3) is 3.04. The molecule has 0 aliphatic heterocycles. The van der Waals surface area contributed by atoms with Gasteiger partial charge in [0.2, 0.25) is 11.7 Å². The monoisotopic (exact) mass is 368 g/mol. The van der Waals surface area contributed by atoms with E-state index in [1.807, 2.05) is 6.07 Å². The van der Waals surface area contributed by atoms with Crippen LogP contribution in [-0.4, -0.2) is 19.7 Å². The Kier molecular flexibility index (Phi) is 4.14. The molecule has 4 aromatic rings. The first kappa shape index (κ1) is 16.3. The van der Waals surface area contributed by atoms with E-state index in [1.54, 1.807) is 42.5 Å². The minimum absolute atomic E-state index is 0.135. The summed E-state index contributed by atoms with van der Waals surface area (Å²) in [4.78, 5) is 31.7. The number of aryl methyl sites for hydroxylation is 1. The first-order valence-electron chi connectivity index (χ1n) is 7.92. The maximum absolute atomic E-state index is 12.5. The highest BCUT2D eigenvalue weighted by atomic mass is 35.5. The van der Waals surface area contributed by atoms with Crippen molar-refractivity contribution < 1.29 is 4.52 Å². The maximum Gasteiger partial charge on any atom is 0.328 e. The number of rotatable bonds is 4. The Morgan fingerprint density at radius 3 is 2.81 bits per heavy atom. The highest BCUT2D eigenvalue weighted by molar-refractivity contribution is 6.30. The normalized spacial score (nSPS) is 11.1. The number of H-pyrrole nitrogens is 1. The van der Waals surface area contributed by atoms with Crippen LogP contribution in [0, 0.1) is 0 Å². The van der Waals surface area contributed by atoms with E-state index < -0.39 is 5.69 Å². The van der Waals surface area contributed by atoms with Crippen LogP contribution in [0.1, 0.15) is 5.89 Å². The molecule has 4 rings (SSSR count). The van der Waals surface area contributed by atoms with Gasteiger partial charge in [0, 0.05) is 23.6 Å². The van der Waals surface area contributed by atoms with E-state index in [0.29, 0.717) is 27.6 Å². The fourth-order valence-electron chi connectivity index (χ4n) is 2.71. The number of benzene rings is 2. The molecule has 0 atom stereocenters. The Labute approximate surface area is 151 Å². The summed E-state index contributed by atoms with van der Waals surface area (Å²) in [6.45, 7) is 0.135. The molecule has 0 saturated carbocycles. The van der Waals surface area contributed by atoms with Crippen LogP contribution < -0.4 is 11.2 Å². The molecule has 26 heavy (non-hydrogen) atoms. The molecule has 0 saturated heterocycles. The van der Waals surface area contributed by atoms with Crippen molar-refractivity contribution in [2.24, 2.45) is 0 Å². The fraction of sp³-hybridized carbons (Fsp3) is 0.111. The Morgan fingerprint density at radius 2 is 1.96 bits per heavy atom. The molecule has 0 amide bonds. The predicted octanol–water partition coefficient (Wildman–Crippen LogP) is 2.64. The summed E-state index contributed by atoms with van der Waals surface area (Å²) in [5, 5.41) is 4.94. The summed E-state index contributed by atoms with van der Waals surface area (Å²) in [5.74, 6) is 0.738. The van der Waals surface area contributed by atoms with Gasteiger partial charge < -0.3 is 9.51 Å². The van der Waals surface area contributed by atoms with E-state index in [0.717, 1.165) is 10.1 Å². The molecule has 0 radical (unpaired) electrons. The first-order valence-corrected chi connectivity index (χ1v) is 8.30. The number of nitrogens with one attached hydrogen (secondary N) is 1.